The van der Waals surface area contributed by atoms with Crippen LogP contribution >= 0.6 is 0 Å². The summed E-state index contributed by atoms with van der Waals surface area (Å²) in [5, 5.41) is 11.4. The van der Waals surface area contributed by atoms with E-state index >= 15 is 0 Å². The third-order valence-corrected chi connectivity index (χ3v) is 5.64. The van der Waals surface area contributed by atoms with Crippen LogP contribution in [0.1, 0.15) is 36.8 Å². The average Bonchev–Trinajstić information content (AvgIpc) is 2.49. The molecule has 1 saturated heterocycles. The predicted molar refractivity (Wildman–Crippen MR) is 81.8 cm³/mol. The van der Waals surface area contributed by atoms with Crippen LogP contribution in [-0.4, -0.2) is 42.3 Å². The highest BCUT2D eigenvalue weighted by Crippen LogP contribution is 2.48. The van der Waals surface area contributed by atoms with Gasteiger partial charge in [-0.3, -0.25) is 0 Å². The molecule has 3 rings (SSSR count). The van der Waals surface area contributed by atoms with Crippen LogP contribution in [0, 0.1) is 0 Å². The SMILES string of the molecule is CN1CCC(O)(C2(CN)CCCc3ccccc32)CC1. The highest BCUT2D eigenvalue weighted by Gasteiger charge is 2.52. The lowest BCUT2D eigenvalue weighted by atomic mass is 9.58. The fraction of sp³-hybridized carbons (Fsp3) is 0.647. The Morgan fingerprint density at radius 1 is 1.20 bits per heavy atom. The van der Waals surface area contributed by atoms with Gasteiger partial charge in [-0.05, 0) is 50.3 Å². The quantitative estimate of drug-likeness (QED) is 0.862. The Balaban J connectivity index is 2.04. The third-order valence-electron chi connectivity index (χ3n) is 5.64. The third kappa shape index (κ3) is 2.00. The maximum Gasteiger partial charge on any atom is 0.0780 e. The maximum atomic E-state index is 11.4. The van der Waals surface area contributed by atoms with Gasteiger partial charge in [0.1, 0.15) is 0 Å². The smallest absolute Gasteiger partial charge is 0.0780 e. The van der Waals surface area contributed by atoms with Crippen molar-refractivity contribution in [3.05, 3.63) is 35.4 Å². The van der Waals surface area contributed by atoms with Gasteiger partial charge in [-0.1, -0.05) is 24.3 Å². The molecule has 1 atom stereocenters. The number of aliphatic hydroxyl groups is 1. The molecule has 1 aliphatic heterocycles. The summed E-state index contributed by atoms with van der Waals surface area (Å²) in [6.07, 6.45) is 4.92. The Hall–Kier alpha value is -0.900. The maximum absolute atomic E-state index is 11.4. The number of rotatable bonds is 2. The average molecular weight is 274 g/mol. The molecule has 3 N–H and O–H groups in total. The fourth-order valence-corrected chi connectivity index (χ4v) is 4.27. The minimum atomic E-state index is -0.648. The van der Waals surface area contributed by atoms with Crippen molar-refractivity contribution in [3.63, 3.8) is 0 Å². The van der Waals surface area contributed by atoms with Gasteiger partial charge in [0.25, 0.3) is 0 Å². The summed E-state index contributed by atoms with van der Waals surface area (Å²) in [6.45, 7) is 2.46. The van der Waals surface area contributed by atoms with Crippen molar-refractivity contribution in [1.29, 1.82) is 0 Å². The van der Waals surface area contributed by atoms with Crippen molar-refractivity contribution < 1.29 is 5.11 Å². The molecule has 3 nitrogen and oxygen atoms in total. The fourth-order valence-electron chi connectivity index (χ4n) is 4.27. The van der Waals surface area contributed by atoms with E-state index in [4.69, 9.17) is 5.73 Å². The summed E-state index contributed by atoms with van der Waals surface area (Å²) in [4.78, 5) is 2.30. The summed E-state index contributed by atoms with van der Waals surface area (Å²) in [5.74, 6) is 0. The molecule has 0 amide bonds. The first-order valence-electron chi connectivity index (χ1n) is 7.81. The van der Waals surface area contributed by atoms with Gasteiger partial charge in [-0.2, -0.15) is 0 Å². The Morgan fingerprint density at radius 3 is 2.60 bits per heavy atom. The Kier molecular flexibility index (Phi) is 3.61. The number of aryl methyl sites for hydroxylation is 1. The van der Waals surface area contributed by atoms with Crippen LogP contribution < -0.4 is 5.73 Å². The molecule has 110 valence electrons. The van der Waals surface area contributed by atoms with Crippen LogP contribution in [-0.2, 0) is 11.8 Å². The van der Waals surface area contributed by atoms with E-state index in [1.165, 1.54) is 11.1 Å². The molecular weight excluding hydrogens is 248 g/mol. The second-order valence-corrected chi connectivity index (χ2v) is 6.63. The van der Waals surface area contributed by atoms with E-state index in [0.29, 0.717) is 6.54 Å². The summed E-state index contributed by atoms with van der Waals surface area (Å²) in [5.41, 5.74) is 8.03. The van der Waals surface area contributed by atoms with Crippen molar-refractivity contribution in [2.45, 2.75) is 43.1 Å². The van der Waals surface area contributed by atoms with Crippen molar-refractivity contribution in [1.82, 2.24) is 4.90 Å². The molecule has 2 aliphatic rings. The van der Waals surface area contributed by atoms with E-state index in [1.807, 2.05) is 0 Å². The van der Waals surface area contributed by atoms with Crippen LogP contribution in [0.15, 0.2) is 24.3 Å². The second-order valence-electron chi connectivity index (χ2n) is 6.63. The van der Waals surface area contributed by atoms with E-state index in [0.717, 1.165) is 45.2 Å². The first-order valence-corrected chi connectivity index (χ1v) is 7.81. The first-order chi connectivity index (χ1) is 9.61. The zero-order valence-electron chi connectivity index (χ0n) is 12.4. The second kappa shape index (κ2) is 5.14. The largest absolute Gasteiger partial charge is 0.389 e. The normalized spacial score (nSPS) is 29.9. The molecule has 20 heavy (non-hydrogen) atoms. The van der Waals surface area contributed by atoms with Gasteiger partial charge in [0, 0.05) is 25.0 Å². The number of nitrogens with zero attached hydrogens (tertiary/aromatic N) is 1. The van der Waals surface area contributed by atoms with Gasteiger partial charge in [0.05, 0.1) is 5.60 Å². The van der Waals surface area contributed by atoms with Crippen LogP contribution in [0.3, 0.4) is 0 Å². The van der Waals surface area contributed by atoms with Gasteiger partial charge in [0.2, 0.25) is 0 Å². The highest BCUT2D eigenvalue weighted by molar-refractivity contribution is 5.40. The van der Waals surface area contributed by atoms with Crippen LogP contribution in [0.4, 0.5) is 0 Å². The summed E-state index contributed by atoms with van der Waals surface area (Å²) >= 11 is 0. The number of benzene rings is 1. The first kappa shape index (κ1) is 14.1. The lowest BCUT2D eigenvalue weighted by Crippen LogP contribution is -2.61. The lowest BCUT2D eigenvalue weighted by Gasteiger charge is -2.53. The van der Waals surface area contributed by atoms with Crippen molar-refractivity contribution in [2.75, 3.05) is 26.7 Å². The molecule has 0 spiro atoms. The van der Waals surface area contributed by atoms with E-state index in [2.05, 4.69) is 36.2 Å². The number of fused-ring (bicyclic) bond motifs is 1. The van der Waals surface area contributed by atoms with Crippen LogP contribution in [0.2, 0.25) is 0 Å². The molecular formula is C17H26N2O. The minimum Gasteiger partial charge on any atom is -0.389 e. The Bertz CT molecular complexity index is 480. The van der Waals surface area contributed by atoms with Gasteiger partial charge in [0.15, 0.2) is 0 Å². The Labute approximate surface area is 121 Å². The predicted octanol–water partition coefficient (Wildman–Crippen LogP) is 1.68. The topological polar surface area (TPSA) is 49.5 Å². The molecule has 0 radical (unpaired) electrons. The van der Waals surface area contributed by atoms with Crippen molar-refractivity contribution in [2.24, 2.45) is 5.73 Å². The number of hydrogen-bond acceptors (Lipinski definition) is 3. The molecule has 0 aromatic heterocycles. The van der Waals surface area contributed by atoms with Gasteiger partial charge >= 0.3 is 0 Å². The minimum absolute atomic E-state index is 0.247. The molecule has 0 saturated carbocycles. The molecule has 3 heteroatoms. The van der Waals surface area contributed by atoms with Crippen LogP contribution in [0.25, 0.3) is 0 Å². The Morgan fingerprint density at radius 2 is 1.90 bits per heavy atom. The zero-order chi connectivity index (χ0) is 14.2. The molecule has 1 aliphatic carbocycles. The van der Waals surface area contributed by atoms with Crippen LogP contribution in [0.5, 0.6) is 0 Å². The molecule has 1 unspecified atom stereocenters. The standard InChI is InChI=1S/C17H26N2O/c1-19-11-9-17(20,10-12-19)16(13-18)8-4-6-14-5-2-3-7-15(14)16/h2-3,5,7,20H,4,6,8-13,18H2,1H3. The lowest BCUT2D eigenvalue weighted by molar-refractivity contribution is -0.0844. The molecule has 1 aromatic carbocycles. The van der Waals surface area contributed by atoms with Gasteiger partial charge in [-0.25, -0.2) is 0 Å². The van der Waals surface area contributed by atoms with E-state index < -0.39 is 5.60 Å². The summed E-state index contributed by atoms with van der Waals surface area (Å²) in [7, 11) is 2.13. The van der Waals surface area contributed by atoms with Gasteiger partial charge < -0.3 is 15.7 Å². The summed E-state index contributed by atoms with van der Waals surface area (Å²) < 4.78 is 0. The molecule has 0 bridgehead atoms. The number of hydrogen-bond donors (Lipinski definition) is 2. The highest BCUT2D eigenvalue weighted by atomic mass is 16.3. The summed E-state index contributed by atoms with van der Waals surface area (Å²) in [6, 6.07) is 8.59. The number of nitrogens with two attached hydrogens (primary N) is 1. The van der Waals surface area contributed by atoms with Crippen molar-refractivity contribution in [3.8, 4) is 0 Å². The van der Waals surface area contributed by atoms with E-state index in [9.17, 15) is 5.11 Å². The molecule has 1 fully saturated rings. The number of piperidine rings is 1. The van der Waals surface area contributed by atoms with Crippen molar-refractivity contribution >= 4 is 0 Å². The van der Waals surface area contributed by atoms with E-state index in [1.54, 1.807) is 0 Å². The number of likely N-dealkylation sites (tertiary alicyclic amines) is 1. The molecule has 1 heterocycles. The molecule has 1 aromatic rings. The van der Waals surface area contributed by atoms with E-state index in [-0.39, 0.29) is 5.41 Å². The monoisotopic (exact) mass is 274 g/mol. The zero-order valence-corrected chi connectivity index (χ0v) is 12.4. The van der Waals surface area contributed by atoms with Gasteiger partial charge in [-0.15, -0.1) is 0 Å².